The van der Waals surface area contributed by atoms with E-state index in [1.807, 2.05) is 37.7 Å². The van der Waals surface area contributed by atoms with Crippen molar-refractivity contribution in [2.24, 2.45) is 0 Å². The van der Waals surface area contributed by atoms with Crippen LogP contribution in [0.15, 0.2) is 55.0 Å². The lowest BCUT2D eigenvalue weighted by Gasteiger charge is -2.22. The third kappa shape index (κ3) is 3.96. The molecule has 0 saturated carbocycles. The number of nitrogens with zero attached hydrogens (tertiary/aromatic N) is 5. The summed E-state index contributed by atoms with van der Waals surface area (Å²) in [5, 5.41) is 4.75. The number of methoxy groups -OCH3 is 1. The Balaban J connectivity index is 1.37. The number of hydrogen-bond acceptors (Lipinski definition) is 4. The van der Waals surface area contributed by atoms with Crippen LogP contribution in [0.5, 0.6) is 5.75 Å². The molecule has 0 spiro atoms. The van der Waals surface area contributed by atoms with Crippen molar-refractivity contribution in [2.75, 3.05) is 7.11 Å². The summed E-state index contributed by atoms with van der Waals surface area (Å²) >= 11 is 0. The van der Waals surface area contributed by atoms with Crippen LogP contribution in [0.25, 0.3) is 17.8 Å². The monoisotopic (exact) mass is 425 g/mol. The van der Waals surface area contributed by atoms with Gasteiger partial charge in [0.05, 0.1) is 19.1 Å². The van der Waals surface area contributed by atoms with E-state index in [2.05, 4.69) is 57.6 Å². The molecule has 0 bridgehead atoms. The van der Waals surface area contributed by atoms with Crippen molar-refractivity contribution in [1.29, 1.82) is 0 Å². The number of aryl methyl sites for hydroxylation is 3. The summed E-state index contributed by atoms with van der Waals surface area (Å²) in [5.74, 6) is 2.94. The molecule has 32 heavy (non-hydrogen) atoms. The second kappa shape index (κ2) is 8.46. The SMILES string of the molecule is COc1ccc([C@H]2CCCn3nc(/C=C/c4ccc(-n5cnc(C)c5)c(C)c4)nc32)cc1. The standard InChI is InChI=1S/C26H27N5O/c1-18-15-20(6-12-24(18)30-16-19(2)27-17-30)7-13-25-28-26-23(5-4-14-31(26)29-25)21-8-10-22(32-3)11-9-21/h6-13,15-17,23H,4-5,14H2,1-3H3/b13-7+/t23-/m1/s1. The summed E-state index contributed by atoms with van der Waals surface area (Å²) in [7, 11) is 1.69. The predicted octanol–water partition coefficient (Wildman–Crippen LogP) is 5.19. The molecule has 0 unspecified atom stereocenters. The van der Waals surface area contributed by atoms with Gasteiger partial charge in [-0.15, -0.1) is 0 Å². The molecule has 4 aromatic rings. The highest BCUT2D eigenvalue weighted by Gasteiger charge is 2.25. The normalized spacial score (nSPS) is 15.8. The minimum absolute atomic E-state index is 0.268. The van der Waals surface area contributed by atoms with Crippen molar-refractivity contribution in [1.82, 2.24) is 24.3 Å². The molecule has 0 amide bonds. The molecule has 0 aliphatic carbocycles. The van der Waals surface area contributed by atoms with Crippen LogP contribution in [0.4, 0.5) is 0 Å². The summed E-state index contributed by atoms with van der Waals surface area (Å²) in [4.78, 5) is 9.20. The lowest BCUT2D eigenvalue weighted by Crippen LogP contribution is -2.17. The van der Waals surface area contributed by atoms with Crippen LogP contribution < -0.4 is 4.74 Å². The van der Waals surface area contributed by atoms with E-state index in [0.29, 0.717) is 0 Å². The van der Waals surface area contributed by atoms with Gasteiger partial charge in [0.25, 0.3) is 0 Å². The molecule has 0 radical (unpaired) electrons. The summed E-state index contributed by atoms with van der Waals surface area (Å²) in [5.41, 5.74) is 5.73. The molecule has 0 saturated heterocycles. The Kier molecular flexibility index (Phi) is 5.35. The number of aromatic nitrogens is 5. The molecule has 3 heterocycles. The molecule has 2 aromatic heterocycles. The van der Waals surface area contributed by atoms with E-state index < -0.39 is 0 Å². The molecular weight excluding hydrogens is 398 g/mol. The fraction of sp³-hybridized carbons (Fsp3) is 0.269. The van der Waals surface area contributed by atoms with Crippen molar-refractivity contribution >= 4 is 12.2 Å². The average Bonchev–Trinajstić information content (AvgIpc) is 3.43. The fourth-order valence-electron chi connectivity index (χ4n) is 4.39. The second-order valence-corrected chi connectivity index (χ2v) is 8.32. The van der Waals surface area contributed by atoms with Gasteiger partial charge in [-0.1, -0.05) is 24.3 Å². The zero-order valence-electron chi connectivity index (χ0n) is 18.7. The van der Waals surface area contributed by atoms with Gasteiger partial charge in [-0.2, -0.15) is 5.10 Å². The summed E-state index contributed by atoms with van der Waals surface area (Å²) in [6.07, 6.45) is 10.2. The van der Waals surface area contributed by atoms with Crippen LogP contribution >= 0.6 is 0 Å². The van der Waals surface area contributed by atoms with Gasteiger partial charge in [0, 0.05) is 24.3 Å². The Morgan fingerprint density at radius 2 is 1.91 bits per heavy atom. The van der Waals surface area contributed by atoms with E-state index in [4.69, 9.17) is 14.8 Å². The second-order valence-electron chi connectivity index (χ2n) is 8.32. The Bertz CT molecular complexity index is 1270. The molecule has 1 aliphatic heterocycles. The van der Waals surface area contributed by atoms with Crippen molar-refractivity contribution in [3.8, 4) is 11.4 Å². The van der Waals surface area contributed by atoms with Gasteiger partial charge in [-0.25, -0.2) is 14.6 Å². The Morgan fingerprint density at radius 1 is 1.06 bits per heavy atom. The maximum atomic E-state index is 5.30. The van der Waals surface area contributed by atoms with Gasteiger partial charge in [0.15, 0.2) is 5.82 Å². The maximum Gasteiger partial charge on any atom is 0.174 e. The molecular formula is C26H27N5O. The van der Waals surface area contributed by atoms with Crippen molar-refractivity contribution in [3.05, 3.63) is 89.0 Å². The van der Waals surface area contributed by atoms with E-state index in [9.17, 15) is 0 Å². The fourth-order valence-corrected chi connectivity index (χ4v) is 4.39. The quantitative estimate of drug-likeness (QED) is 0.442. The molecule has 2 aromatic carbocycles. The number of imidazole rings is 1. The molecule has 162 valence electrons. The van der Waals surface area contributed by atoms with Crippen LogP contribution in [0, 0.1) is 13.8 Å². The smallest absolute Gasteiger partial charge is 0.174 e. The highest BCUT2D eigenvalue weighted by atomic mass is 16.5. The van der Waals surface area contributed by atoms with Crippen LogP contribution in [-0.2, 0) is 6.54 Å². The lowest BCUT2D eigenvalue weighted by atomic mass is 9.91. The van der Waals surface area contributed by atoms with E-state index in [1.165, 1.54) is 11.1 Å². The van der Waals surface area contributed by atoms with Crippen LogP contribution in [-0.4, -0.2) is 31.4 Å². The Morgan fingerprint density at radius 3 is 2.62 bits per heavy atom. The number of fused-ring (bicyclic) bond motifs is 1. The molecule has 0 N–H and O–H groups in total. The third-order valence-electron chi connectivity index (χ3n) is 6.04. The Hall–Kier alpha value is -3.67. The number of ether oxygens (including phenoxy) is 1. The minimum atomic E-state index is 0.268. The topological polar surface area (TPSA) is 57.8 Å². The number of rotatable bonds is 5. The first-order chi connectivity index (χ1) is 15.6. The number of hydrogen-bond donors (Lipinski definition) is 0. The van der Waals surface area contributed by atoms with Gasteiger partial charge >= 0.3 is 0 Å². The first-order valence-electron chi connectivity index (χ1n) is 11.0. The molecule has 0 fully saturated rings. The van der Waals surface area contributed by atoms with Gasteiger partial charge in [0.2, 0.25) is 0 Å². The first kappa shape index (κ1) is 20.2. The summed E-state index contributed by atoms with van der Waals surface area (Å²) < 4.78 is 9.42. The average molecular weight is 426 g/mol. The van der Waals surface area contributed by atoms with E-state index in [-0.39, 0.29) is 5.92 Å². The summed E-state index contributed by atoms with van der Waals surface area (Å²) in [6, 6.07) is 14.7. The van der Waals surface area contributed by atoms with Gasteiger partial charge in [0.1, 0.15) is 11.6 Å². The van der Waals surface area contributed by atoms with Crippen LogP contribution in [0.3, 0.4) is 0 Å². The lowest BCUT2D eigenvalue weighted by molar-refractivity contribution is 0.413. The minimum Gasteiger partial charge on any atom is -0.497 e. The molecule has 1 atom stereocenters. The van der Waals surface area contributed by atoms with Crippen molar-refractivity contribution in [3.63, 3.8) is 0 Å². The summed E-state index contributed by atoms with van der Waals surface area (Å²) in [6.45, 7) is 5.04. The third-order valence-corrected chi connectivity index (χ3v) is 6.04. The van der Waals surface area contributed by atoms with Gasteiger partial charge in [-0.3, -0.25) is 0 Å². The zero-order chi connectivity index (χ0) is 22.1. The maximum absolute atomic E-state index is 5.30. The Labute approximate surface area is 188 Å². The highest BCUT2D eigenvalue weighted by Crippen LogP contribution is 2.33. The first-order valence-corrected chi connectivity index (χ1v) is 11.0. The van der Waals surface area contributed by atoms with Crippen molar-refractivity contribution < 1.29 is 4.74 Å². The van der Waals surface area contributed by atoms with Crippen molar-refractivity contribution in [2.45, 2.75) is 39.2 Å². The zero-order valence-corrected chi connectivity index (χ0v) is 18.7. The molecule has 6 nitrogen and oxygen atoms in total. The van der Waals surface area contributed by atoms with Crippen LogP contribution in [0.1, 0.15) is 52.8 Å². The highest BCUT2D eigenvalue weighted by molar-refractivity contribution is 5.68. The van der Waals surface area contributed by atoms with E-state index in [1.54, 1.807) is 7.11 Å². The predicted molar refractivity (Wildman–Crippen MR) is 126 cm³/mol. The van der Waals surface area contributed by atoms with Gasteiger partial charge < -0.3 is 9.30 Å². The molecule has 1 aliphatic rings. The van der Waals surface area contributed by atoms with Gasteiger partial charge in [-0.05, 0) is 73.7 Å². The molecule has 5 rings (SSSR count). The van der Waals surface area contributed by atoms with E-state index >= 15 is 0 Å². The largest absolute Gasteiger partial charge is 0.497 e. The number of benzene rings is 2. The van der Waals surface area contributed by atoms with Crippen LogP contribution in [0.2, 0.25) is 0 Å². The van der Waals surface area contributed by atoms with E-state index in [0.717, 1.165) is 53.7 Å². The molecule has 6 heteroatoms.